The topological polar surface area (TPSA) is 29.3 Å². The predicted octanol–water partition coefficient (Wildman–Crippen LogP) is 3.65. The molecule has 0 aliphatic carbocycles. The molecule has 1 aliphatic rings. The van der Waals surface area contributed by atoms with Crippen LogP contribution < -0.4 is 5.73 Å². The number of hydrogen-bond donors (Lipinski definition) is 1. The van der Waals surface area contributed by atoms with Crippen LogP contribution >= 0.6 is 15.9 Å². The molecule has 94 valence electrons. The maximum Gasteiger partial charge on any atom is 0.0318 e. The average molecular weight is 297 g/mol. The van der Waals surface area contributed by atoms with Gasteiger partial charge in [0.25, 0.3) is 0 Å². The van der Waals surface area contributed by atoms with Crippen LogP contribution in [0, 0.1) is 5.92 Å². The van der Waals surface area contributed by atoms with Gasteiger partial charge in [0, 0.05) is 16.7 Å². The van der Waals surface area contributed by atoms with Gasteiger partial charge in [-0.15, -0.1) is 0 Å². The highest BCUT2D eigenvalue weighted by atomic mass is 79.9. The first-order valence-corrected chi connectivity index (χ1v) is 7.20. The van der Waals surface area contributed by atoms with Crippen molar-refractivity contribution in [2.45, 2.75) is 32.7 Å². The molecule has 0 radical (unpaired) electrons. The van der Waals surface area contributed by atoms with Gasteiger partial charge < -0.3 is 5.73 Å². The van der Waals surface area contributed by atoms with Gasteiger partial charge in [-0.1, -0.05) is 22.9 Å². The fraction of sp³-hybridized carbons (Fsp3) is 0.571. The third-order valence-electron chi connectivity index (χ3n) is 3.57. The number of halogens is 1. The normalized spacial score (nSPS) is 22.4. The highest BCUT2D eigenvalue weighted by Crippen LogP contribution is 2.23. The molecule has 1 aliphatic heterocycles. The summed E-state index contributed by atoms with van der Waals surface area (Å²) in [7, 11) is 0. The second kappa shape index (κ2) is 5.87. The predicted molar refractivity (Wildman–Crippen MR) is 76.8 cm³/mol. The lowest BCUT2D eigenvalue weighted by Crippen LogP contribution is -2.24. The first-order valence-electron chi connectivity index (χ1n) is 6.41. The molecule has 2 nitrogen and oxygen atoms in total. The summed E-state index contributed by atoms with van der Waals surface area (Å²) in [6.07, 6.45) is 4.01. The molecule has 1 saturated heterocycles. The Bertz CT molecular complexity index is 378. The van der Waals surface area contributed by atoms with Crippen molar-refractivity contribution in [3.63, 3.8) is 0 Å². The van der Waals surface area contributed by atoms with Crippen molar-refractivity contribution in [2.75, 3.05) is 18.8 Å². The van der Waals surface area contributed by atoms with E-state index in [0.717, 1.165) is 18.2 Å². The minimum Gasteiger partial charge on any atom is -0.399 e. The van der Waals surface area contributed by atoms with E-state index in [1.165, 1.54) is 42.4 Å². The van der Waals surface area contributed by atoms with Gasteiger partial charge in [-0.2, -0.15) is 0 Å². The van der Waals surface area contributed by atoms with E-state index in [2.05, 4.69) is 33.8 Å². The van der Waals surface area contributed by atoms with Crippen molar-refractivity contribution < 1.29 is 0 Å². The SMILES string of the molecule is CC1CCCN(Cc2cc(N)ccc2Br)CC1. The second-order valence-electron chi connectivity index (χ2n) is 5.16. The van der Waals surface area contributed by atoms with Gasteiger partial charge in [0.2, 0.25) is 0 Å². The fourth-order valence-electron chi connectivity index (χ4n) is 2.44. The first-order chi connectivity index (χ1) is 8.15. The summed E-state index contributed by atoms with van der Waals surface area (Å²) in [5.74, 6) is 0.879. The number of nitrogens with zero attached hydrogens (tertiary/aromatic N) is 1. The third-order valence-corrected chi connectivity index (χ3v) is 4.35. The summed E-state index contributed by atoms with van der Waals surface area (Å²) in [6.45, 7) is 5.80. The summed E-state index contributed by atoms with van der Waals surface area (Å²) in [4.78, 5) is 2.54. The summed E-state index contributed by atoms with van der Waals surface area (Å²) in [6, 6.07) is 6.07. The molecule has 1 aromatic carbocycles. The Kier molecular flexibility index (Phi) is 4.46. The maximum atomic E-state index is 5.85. The van der Waals surface area contributed by atoms with Gasteiger partial charge in [-0.25, -0.2) is 0 Å². The van der Waals surface area contributed by atoms with Gasteiger partial charge in [0.1, 0.15) is 0 Å². The molecule has 1 heterocycles. The zero-order valence-corrected chi connectivity index (χ0v) is 12.0. The van der Waals surface area contributed by atoms with Crippen LogP contribution in [0.3, 0.4) is 0 Å². The Labute approximate surface area is 112 Å². The summed E-state index contributed by atoms with van der Waals surface area (Å²) in [5, 5.41) is 0. The van der Waals surface area contributed by atoms with Crippen LogP contribution in [0.25, 0.3) is 0 Å². The quantitative estimate of drug-likeness (QED) is 0.844. The average Bonchev–Trinajstić information content (AvgIpc) is 2.49. The molecule has 0 spiro atoms. The standard InChI is InChI=1S/C14H21BrN2/c1-11-3-2-7-17(8-6-11)10-12-9-13(16)4-5-14(12)15/h4-5,9,11H,2-3,6-8,10,16H2,1H3. The van der Waals surface area contributed by atoms with Crippen LogP contribution in [0.2, 0.25) is 0 Å². The molecule has 3 heteroatoms. The molecule has 0 amide bonds. The minimum absolute atomic E-state index is 0.853. The number of likely N-dealkylation sites (tertiary alicyclic amines) is 1. The zero-order valence-electron chi connectivity index (χ0n) is 10.5. The molecular weight excluding hydrogens is 276 g/mol. The zero-order chi connectivity index (χ0) is 12.3. The molecule has 0 aromatic heterocycles. The molecule has 0 bridgehead atoms. The summed E-state index contributed by atoms with van der Waals surface area (Å²) < 4.78 is 1.17. The lowest BCUT2D eigenvalue weighted by Gasteiger charge is -2.21. The number of nitrogens with two attached hydrogens (primary N) is 1. The molecule has 17 heavy (non-hydrogen) atoms. The van der Waals surface area contributed by atoms with E-state index < -0.39 is 0 Å². The van der Waals surface area contributed by atoms with E-state index >= 15 is 0 Å². The molecule has 1 unspecified atom stereocenters. The van der Waals surface area contributed by atoms with Gasteiger partial charge in [-0.3, -0.25) is 4.90 Å². The summed E-state index contributed by atoms with van der Waals surface area (Å²) in [5.41, 5.74) is 8.00. The van der Waals surface area contributed by atoms with Crippen molar-refractivity contribution in [2.24, 2.45) is 5.92 Å². The van der Waals surface area contributed by atoms with Crippen molar-refractivity contribution in [3.8, 4) is 0 Å². The van der Waals surface area contributed by atoms with E-state index in [0.29, 0.717) is 0 Å². The van der Waals surface area contributed by atoms with Crippen molar-refractivity contribution in [1.82, 2.24) is 4.90 Å². The number of benzene rings is 1. The molecule has 0 saturated carbocycles. The summed E-state index contributed by atoms with van der Waals surface area (Å²) >= 11 is 3.61. The van der Waals surface area contributed by atoms with E-state index in [4.69, 9.17) is 5.73 Å². The van der Waals surface area contributed by atoms with E-state index in [-0.39, 0.29) is 0 Å². The van der Waals surface area contributed by atoms with Crippen LogP contribution in [0.15, 0.2) is 22.7 Å². The van der Waals surface area contributed by atoms with Crippen LogP contribution in [0.1, 0.15) is 31.7 Å². The van der Waals surface area contributed by atoms with E-state index in [1.807, 2.05) is 12.1 Å². The number of nitrogen functional groups attached to an aromatic ring is 1. The van der Waals surface area contributed by atoms with Crippen molar-refractivity contribution in [3.05, 3.63) is 28.2 Å². The van der Waals surface area contributed by atoms with Crippen LogP contribution in [-0.4, -0.2) is 18.0 Å². The molecule has 2 N–H and O–H groups in total. The smallest absolute Gasteiger partial charge is 0.0318 e. The van der Waals surface area contributed by atoms with Gasteiger partial charge in [-0.05, 0) is 62.0 Å². The number of anilines is 1. The van der Waals surface area contributed by atoms with Crippen LogP contribution in [0.5, 0.6) is 0 Å². The monoisotopic (exact) mass is 296 g/mol. The van der Waals surface area contributed by atoms with Gasteiger partial charge in [0.15, 0.2) is 0 Å². The van der Waals surface area contributed by atoms with Crippen molar-refractivity contribution >= 4 is 21.6 Å². The number of rotatable bonds is 2. The Balaban J connectivity index is 2.02. The van der Waals surface area contributed by atoms with E-state index in [9.17, 15) is 0 Å². The Morgan fingerprint density at radius 2 is 2.18 bits per heavy atom. The molecule has 1 atom stereocenters. The largest absolute Gasteiger partial charge is 0.399 e. The highest BCUT2D eigenvalue weighted by Gasteiger charge is 2.14. The van der Waals surface area contributed by atoms with Crippen molar-refractivity contribution in [1.29, 1.82) is 0 Å². The maximum absolute atomic E-state index is 5.85. The highest BCUT2D eigenvalue weighted by molar-refractivity contribution is 9.10. The lowest BCUT2D eigenvalue weighted by atomic mass is 10.0. The van der Waals surface area contributed by atoms with Crippen LogP contribution in [0.4, 0.5) is 5.69 Å². The van der Waals surface area contributed by atoms with E-state index in [1.54, 1.807) is 0 Å². The molecular formula is C14H21BrN2. The fourth-order valence-corrected chi connectivity index (χ4v) is 2.81. The second-order valence-corrected chi connectivity index (χ2v) is 6.02. The molecule has 1 fully saturated rings. The Morgan fingerprint density at radius 1 is 1.35 bits per heavy atom. The Hall–Kier alpha value is -0.540. The number of hydrogen-bond acceptors (Lipinski definition) is 2. The third kappa shape index (κ3) is 3.71. The minimum atomic E-state index is 0.853. The Morgan fingerprint density at radius 3 is 3.00 bits per heavy atom. The van der Waals surface area contributed by atoms with Gasteiger partial charge in [0.05, 0.1) is 0 Å². The molecule has 2 rings (SSSR count). The lowest BCUT2D eigenvalue weighted by molar-refractivity contribution is 0.273. The molecule has 1 aromatic rings. The van der Waals surface area contributed by atoms with Crippen LogP contribution in [-0.2, 0) is 6.54 Å². The first kappa shape index (κ1) is 12.9. The van der Waals surface area contributed by atoms with Gasteiger partial charge >= 0.3 is 0 Å².